The number of hydrogen-bond donors (Lipinski definition) is 2. The lowest BCUT2D eigenvalue weighted by Gasteiger charge is -2.21. The second-order valence-electron chi connectivity index (χ2n) is 5.77. The topological polar surface area (TPSA) is 85.4 Å². The number of aromatic carboxylic acids is 1. The van der Waals surface area contributed by atoms with Crippen LogP contribution in [0.3, 0.4) is 0 Å². The van der Waals surface area contributed by atoms with E-state index >= 15 is 0 Å². The third-order valence-corrected chi connectivity index (χ3v) is 3.12. The molecular weight excluding hydrogens is 274 g/mol. The van der Waals surface area contributed by atoms with Crippen LogP contribution in [-0.4, -0.2) is 38.8 Å². The van der Waals surface area contributed by atoms with Crippen molar-refractivity contribution < 1.29 is 24.9 Å². The van der Waals surface area contributed by atoms with E-state index in [1.54, 1.807) is 26.1 Å². The maximum atomic E-state index is 10.9. The normalized spacial score (nSPS) is 12.1. The third-order valence-electron chi connectivity index (χ3n) is 3.12. The van der Waals surface area contributed by atoms with Gasteiger partial charge in [0.15, 0.2) is 0 Å². The van der Waals surface area contributed by atoms with Gasteiger partial charge in [0.05, 0.1) is 18.2 Å². The van der Waals surface area contributed by atoms with Crippen molar-refractivity contribution in [3.63, 3.8) is 0 Å². The SMILES string of the molecule is Cc1cc(CO/N=[N+](\O)N(C)C(C)(C)C)ccc1C(=O)O. The van der Waals surface area contributed by atoms with Crippen LogP contribution in [0.2, 0.25) is 0 Å². The highest BCUT2D eigenvalue weighted by Gasteiger charge is 2.28. The Bertz CT molecular complexity index is 550. The Balaban J connectivity index is 2.68. The average Bonchev–Trinajstić information content (AvgIpc) is 2.36. The molecule has 0 atom stereocenters. The minimum Gasteiger partial charge on any atom is -0.478 e. The Morgan fingerprint density at radius 1 is 1.43 bits per heavy atom. The molecule has 7 heteroatoms. The summed E-state index contributed by atoms with van der Waals surface area (Å²) in [4.78, 5) is 16.6. The van der Waals surface area contributed by atoms with Gasteiger partial charge >= 0.3 is 5.97 Å². The number of hydrogen-bond acceptors (Lipinski definition) is 3. The van der Waals surface area contributed by atoms with E-state index < -0.39 is 5.97 Å². The molecule has 0 fully saturated rings. The predicted octanol–water partition coefficient (Wildman–Crippen LogP) is 2.62. The van der Waals surface area contributed by atoms with Crippen molar-refractivity contribution in [2.24, 2.45) is 5.28 Å². The van der Waals surface area contributed by atoms with Gasteiger partial charge in [-0.15, -0.1) is 5.01 Å². The number of carboxylic acid groups (broad SMARTS) is 1. The van der Waals surface area contributed by atoms with E-state index in [1.807, 2.05) is 20.8 Å². The molecule has 0 heterocycles. The maximum absolute atomic E-state index is 10.9. The first kappa shape index (κ1) is 16.7. The van der Waals surface area contributed by atoms with Gasteiger partial charge in [0.25, 0.3) is 10.2 Å². The number of rotatable bonds is 5. The zero-order valence-corrected chi connectivity index (χ0v) is 13.0. The fraction of sp³-hybridized carbons (Fsp3) is 0.500. The molecule has 1 rings (SSSR count). The molecular formula is C14H22N3O4+. The Kier molecular flexibility index (Phi) is 5.12. The Morgan fingerprint density at radius 2 is 2.05 bits per heavy atom. The van der Waals surface area contributed by atoms with Crippen LogP contribution in [0.4, 0.5) is 0 Å². The van der Waals surface area contributed by atoms with E-state index in [1.165, 1.54) is 11.1 Å². The standard InChI is InChI=1S/C14H21N3O4/c1-10-8-11(6-7-12(10)13(18)19)9-21-15-17(20)16(5)14(2,3)4/h6-8H,9H2,1-5H3,(H-,15,18,19,20)/p+1. The van der Waals surface area contributed by atoms with E-state index in [0.29, 0.717) is 10.5 Å². The number of carbonyl (C=O) groups is 1. The highest BCUT2D eigenvalue weighted by molar-refractivity contribution is 5.89. The number of benzene rings is 1. The van der Waals surface area contributed by atoms with Gasteiger partial charge < -0.3 is 9.94 Å². The van der Waals surface area contributed by atoms with Crippen molar-refractivity contribution in [3.05, 3.63) is 34.9 Å². The van der Waals surface area contributed by atoms with Crippen molar-refractivity contribution in [2.45, 2.75) is 39.8 Å². The van der Waals surface area contributed by atoms with Crippen LogP contribution >= 0.6 is 0 Å². The van der Waals surface area contributed by atoms with E-state index in [4.69, 9.17) is 9.94 Å². The molecule has 0 spiro atoms. The van der Waals surface area contributed by atoms with E-state index in [-0.39, 0.29) is 17.7 Å². The highest BCUT2D eigenvalue weighted by Crippen LogP contribution is 2.13. The van der Waals surface area contributed by atoms with Crippen molar-refractivity contribution in [3.8, 4) is 0 Å². The second-order valence-corrected chi connectivity index (χ2v) is 5.77. The summed E-state index contributed by atoms with van der Waals surface area (Å²) < 4.78 is 0. The van der Waals surface area contributed by atoms with E-state index in [0.717, 1.165) is 5.56 Å². The Hall–Kier alpha value is -2.31. The third kappa shape index (κ3) is 4.62. The fourth-order valence-electron chi connectivity index (χ4n) is 1.53. The lowest BCUT2D eigenvalue weighted by Crippen LogP contribution is -2.43. The molecule has 0 amide bonds. The van der Waals surface area contributed by atoms with Crippen molar-refractivity contribution in [1.82, 2.24) is 5.01 Å². The van der Waals surface area contributed by atoms with Crippen LogP contribution < -0.4 is 0 Å². The zero-order valence-electron chi connectivity index (χ0n) is 13.0. The maximum Gasteiger partial charge on any atom is 0.335 e. The number of carboxylic acids is 1. The fourth-order valence-corrected chi connectivity index (χ4v) is 1.53. The van der Waals surface area contributed by atoms with Gasteiger partial charge in [-0.2, -0.15) is 0 Å². The monoisotopic (exact) mass is 296 g/mol. The first-order valence-corrected chi connectivity index (χ1v) is 6.51. The second kappa shape index (κ2) is 6.43. The van der Waals surface area contributed by atoms with Crippen LogP contribution in [0.1, 0.15) is 42.3 Å². The van der Waals surface area contributed by atoms with Gasteiger partial charge in [-0.3, -0.25) is 0 Å². The zero-order chi connectivity index (χ0) is 16.2. The number of nitrogens with zero attached hydrogens (tertiary/aromatic N) is 3. The molecule has 0 aromatic heterocycles. The van der Waals surface area contributed by atoms with Crippen LogP contribution in [0.15, 0.2) is 23.5 Å². The molecule has 7 nitrogen and oxygen atoms in total. The molecule has 0 aliphatic rings. The average molecular weight is 296 g/mol. The molecule has 116 valence electrons. The molecule has 0 radical (unpaired) electrons. The van der Waals surface area contributed by atoms with Gasteiger partial charge in [-0.1, -0.05) is 12.1 Å². The van der Waals surface area contributed by atoms with E-state index in [2.05, 4.69) is 5.28 Å². The van der Waals surface area contributed by atoms with Crippen molar-refractivity contribution in [1.29, 1.82) is 0 Å². The van der Waals surface area contributed by atoms with E-state index in [9.17, 15) is 10.0 Å². The van der Waals surface area contributed by atoms with Crippen molar-refractivity contribution in [2.75, 3.05) is 7.05 Å². The summed E-state index contributed by atoms with van der Waals surface area (Å²) in [5.74, 6) is -0.960. The predicted molar refractivity (Wildman–Crippen MR) is 74.9 cm³/mol. The van der Waals surface area contributed by atoms with Gasteiger partial charge in [0.1, 0.15) is 6.61 Å². The van der Waals surface area contributed by atoms with Gasteiger partial charge in [-0.05, 0) is 44.9 Å². The molecule has 0 aliphatic carbocycles. The molecule has 0 bridgehead atoms. The summed E-state index contributed by atoms with van der Waals surface area (Å²) in [6.45, 7) is 7.60. The smallest absolute Gasteiger partial charge is 0.335 e. The first-order chi connectivity index (χ1) is 9.62. The molecule has 1 aromatic carbocycles. The van der Waals surface area contributed by atoms with Gasteiger partial charge in [0.2, 0.25) is 0 Å². The molecule has 2 N–H and O–H groups in total. The molecule has 1 aromatic rings. The molecule has 0 saturated carbocycles. The summed E-state index contributed by atoms with van der Waals surface area (Å²) in [5, 5.41) is 23.7. The highest BCUT2D eigenvalue weighted by atomic mass is 16.7. The summed E-state index contributed by atoms with van der Waals surface area (Å²) in [7, 11) is 1.68. The lowest BCUT2D eigenvalue weighted by molar-refractivity contribution is -0.946. The largest absolute Gasteiger partial charge is 0.478 e. The molecule has 0 aliphatic heterocycles. The summed E-state index contributed by atoms with van der Waals surface area (Å²) >= 11 is 0. The molecule has 0 saturated heterocycles. The van der Waals surface area contributed by atoms with Crippen LogP contribution in [0, 0.1) is 6.92 Å². The Labute approximate surface area is 124 Å². The minimum atomic E-state index is -0.960. The van der Waals surface area contributed by atoms with Gasteiger partial charge in [-0.25, -0.2) is 10.0 Å². The lowest BCUT2D eigenvalue weighted by atomic mass is 10.1. The number of aryl methyl sites for hydroxylation is 1. The summed E-state index contributed by atoms with van der Waals surface area (Å²) in [6, 6.07) is 4.89. The molecule has 0 unspecified atom stereocenters. The summed E-state index contributed by atoms with van der Waals surface area (Å²) in [6.07, 6.45) is 0. The van der Waals surface area contributed by atoms with Crippen molar-refractivity contribution >= 4 is 5.97 Å². The first-order valence-electron chi connectivity index (χ1n) is 6.51. The number of hydrazine groups is 1. The quantitative estimate of drug-likeness (QED) is 0.495. The van der Waals surface area contributed by atoms with Crippen LogP contribution in [-0.2, 0) is 11.4 Å². The van der Waals surface area contributed by atoms with Crippen LogP contribution in [0.25, 0.3) is 0 Å². The molecule has 21 heavy (non-hydrogen) atoms. The Morgan fingerprint density at radius 3 is 2.52 bits per heavy atom. The van der Waals surface area contributed by atoms with Gasteiger partial charge in [0, 0.05) is 0 Å². The summed E-state index contributed by atoms with van der Waals surface area (Å²) in [5.41, 5.74) is 1.37. The minimum absolute atomic E-state index is 0.135. The van der Waals surface area contributed by atoms with Crippen LogP contribution in [0.5, 0.6) is 0 Å².